The van der Waals surface area contributed by atoms with Gasteiger partial charge in [-0.1, -0.05) is 12.1 Å². The largest absolute Gasteiger partial charge is 0.492 e. The Bertz CT molecular complexity index is 682. The van der Waals surface area contributed by atoms with E-state index < -0.39 is 0 Å². The Morgan fingerprint density at radius 1 is 1.27 bits per heavy atom. The second-order valence-corrected chi connectivity index (χ2v) is 7.40. The van der Waals surface area contributed by atoms with Crippen LogP contribution in [0.1, 0.15) is 25.3 Å². The minimum absolute atomic E-state index is 0.169. The highest BCUT2D eigenvalue weighted by Gasteiger charge is 2.20. The summed E-state index contributed by atoms with van der Waals surface area (Å²) >= 11 is 1.75. The SMILES string of the molecule is CCOc1ccccc1NC(=O)NCC1CCN(Cc2ccsc2)CC1. The number of amides is 2. The van der Waals surface area contributed by atoms with Crippen LogP contribution in [0.25, 0.3) is 0 Å². The number of likely N-dealkylation sites (tertiary alicyclic amines) is 1. The minimum atomic E-state index is -0.169. The summed E-state index contributed by atoms with van der Waals surface area (Å²) < 4.78 is 5.54. The number of hydrogen-bond donors (Lipinski definition) is 2. The number of thiophene rings is 1. The third kappa shape index (κ3) is 5.47. The van der Waals surface area contributed by atoms with E-state index in [1.165, 1.54) is 5.56 Å². The van der Waals surface area contributed by atoms with Crippen molar-refractivity contribution in [2.75, 3.05) is 31.6 Å². The summed E-state index contributed by atoms with van der Waals surface area (Å²) in [5.74, 6) is 1.24. The third-order valence-electron chi connectivity index (χ3n) is 4.68. The van der Waals surface area contributed by atoms with Crippen molar-refractivity contribution in [3.05, 3.63) is 46.7 Å². The second-order valence-electron chi connectivity index (χ2n) is 6.62. The van der Waals surface area contributed by atoms with E-state index in [2.05, 4.69) is 32.4 Å². The van der Waals surface area contributed by atoms with E-state index in [4.69, 9.17) is 4.74 Å². The smallest absolute Gasteiger partial charge is 0.319 e. The van der Waals surface area contributed by atoms with E-state index in [9.17, 15) is 4.79 Å². The highest BCUT2D eigenvalue weighted by atomic mass is 32.1. The number of carbonyl (C=O) groups excluding carboxylic acids is 1. The van der Waals surface area contributed by atoms with E-state index in [0.29, 0.717) is 24.0 Å². The van der Waals surface area contributed by atoms with E-state index in [1.54, 1.807) is 11.3 Å². The number of ether oxygens (including phenoxy) is 1. The van der Waals surface area contributed by atoms with Crippen LogP contribution in [0.5, 0.6) is 5.75 Å². The van der Waals surface area contributed by atoms with Crippen LogP contribution in [0.3, 0.4) is 0 Å². The number of benzene rings is 1. The molecule has 0 atom stereocenters. The standard InChI is InChI=1S/C20H27N3O2S/c1-2-25-19-6-4-3-5-18(19)22-20(24)21-13-16-7-10-23(11-8-16)14-17-9-12-26-15-17/h3-6,9,12,15-16H,2,7-8,10-11,13-14H2,1H3,(H2,21,22,24). The van der Waals surface area contributed by atoms with Gasteiger partial charge in [-0.05, 0) is 73.3 Å². The quantitative estimate of drug-likeness (QED) is 0.765. The summed E-state index contributed by atoms with van der Waals surface area (Å²) in [5.41, 5.74) is 2.11. The first-order valence-electron chi connectivity index (χ1n) is 9.24. The molecule has 2 aromatic rings. The van der Waals surface area contributed by atoms with Crippen LogP contribution < -0.4 is 15.4 Å². The zero-order chi connectivity index (χ0) is 18.2. The lowest BCUT2D eigenvalue weighted by Crippen LogP contribution is -2.39. The maximum Gasteiger partial charge on any atom is 0.319 e. The van der Waals surface area contributed by atoms with Gasteiger partial charge in [-0.2, -0.15) is 11.3 Å². The summed E-state index contributed by atoms with van der Waals surface area (Å²) in [6.45, 7) is 6.45. The van der Waals surface area contributed by atoms with Crippen LogP contribution in [-0.4, -0.2) is 37.2 Å². The predicted octanol–water partition coefficient (Wildman–Crippen LogP) is 4.18. The lowest BCUT2D eigenvalue weighted by atomic mass is 9.96. The van der Waals surface area contributed by atoms with Crippen molar-refractivity contribution >= 4 is 23.1 Å². The van der Waals surface area contributed by atoms with Crippen molar-refractivity contribution in [3.8, 4) is 5.75 Å². The first kappa shape index (κ1) is 18.7. The van der Waals surface area contributed by atoms with Gasteiger partial charge in [0.05, 0.1) is 12.3 Å². The number of carbonyl (C=O) groups is 1. The fourth-order valence-electron chi connectivity index (χ4n) is 3.24. The molecule has 2 N–H and O–H groups in total. The van der Waals surface area contributed by atoms with Gasteiger partial charge in [0.2, 0.25) is 0 Å². The minimum Gasteiger partial charge on any atom is -0.492 e. The van der Waals surface area contributed by atoms with E-state index >= 15 is 0 Å². The number of nitrogens with one attached hydrogen (secondary N) is 2. The molecule has 2 heterocycles. The molecule has 5 nitrogen and oxygen atoms in total. The first-order chi connectivity index (χ1) is 12.7. The molecule has 140 valence electrons. The van der Waals surface area contributed by atoms with Gasteiger partial charge in [0.25, 0.3) is 0 Å². The number of hydrogen-bond acceptors (Lipinski definition) is 4. The van der Waals surface area contributed by atoms with Gasteiger partial charge in [0.1, 0.15) is 5.75 Å². The highest BCUT2D eigenvalue weighted by Crippen LogP contribution is 2.23. The Balaban J connectivity index is 1.39. The molecule has 0 saturated carbocycles. The molecule has 0 spiro atoms. The average Bonchev–Trinajstić information content (AvgIpc) is 3.16. The second kappa shape index (κ2) is 9.59. The molecule has 3 rings (SSSR count). The number of anilines is 1. The predicted molar refractivity (Wildman–Crippen MR) is 107 cm³/mol. The molecule has 0 bridgehead atoms. The Kier molecular flexibility index (Phi) is 6.91. The molecule has 6 heteroatoms. The van der Waals surface area contributed by atoms with Gasteiger partial charge in [-0.15, -0.1) is 0 Å². The number of piperidine rings is 1. The van der Waals surface area contributed by atoms with Gasteiger partial charge in [0, 0.05) is 13.1 Å². The van der Waals surface area contributed by atoms with Crippen LogP contribution in [0, 0.1) is 5.92 Å². The van der Waals surface area contributed by atoms with Crippen molar-refractivity contribution in [1.29, 1.82) is 0 Å². The van der Waals surface area contributed by atoms with Crippen LogP contribution in [0.15, 0.2) is 41.1 Å². The Morgan fingerprint density at radius 2 is 2.08 bits per heavy atom. The molecular weight excluding hydrogens is 346 g/mol. The van der Waals surface area contributed by atoms with Gasteiger partial charge < -0.3 is 15.4 Å². The van der Waals surface area contributed by atoms with Gasteiger partial charge in [-0.25, -0.2) is 4.79 Å². The number of para-hydroxylation sites is 2. The normalized spacial score (nSPS) is 15.6. The van der Waals surface area contributed by atoms with Crippen molar-refractivity contribution in [3.63, 3.8) is 0 Å². The first-order valence-corrected chi connectivity index (χ1v) is 10.2. The fraction of sp³-hybridized carbons (Fsp3) is 0.450. The molecule has 26 heavy (non-hydrogen) atoms. The molecular formula is C20H27N3O2S. The lowest BCUT2D eigenvalue weighted by molar-refractivity contribution is 0.176. The van der Waals surface area contributed by atoms with Crippen LogP contribution in [-0.2, 0) is 6.54 Å². The van der Waals surface area contributed by atoms with Gasteiger partial charge >= 0.3 is 6.03 Å². The van der Waals surface area contributed by atoms with Crippen molar-refractivity contribution < 1.29 is 9.53 Å². The Morgan fingerprint density at radius 3 is 2.81 bits per heavy atom. The van der Waals surface area contributed by atoms with E-state index in [0.717, 1.165) is 39.0 Å². The van der Waals surface area contributed by atoms with E-state index in [1.807, 2.05) is 31.2 Å². The van der Waals surface area contributed by atoms with Crippen molar-refractivity contribution in [2.45, 2.75) is 26.3 Å². The molecule has 1 saturated heterocycles. The Hall–Kier alpha value is -2.05. The molecule has 1 aliphatic rings. The molecule has 0 radical (unpaired) electrons. The molecule has 1 aromatic carbocycles. The zero-order valence-electron chi connectivity index (χ0n) is 15.2. The Labute approximate surface area is 159 Å². The van der Waals surface area contributed by atoms with Crippen molar-refractivity contribution in [1.82, 2.24) is 10.2 Å². The third-order valence-corrected chi connectivity index (χ3v) is 5.41. The summed E-state index contributed by atoms with van der Waals surface area (Å²) in [4.78, 5) is 14.7. The van der Waals surface area contributed by atoms with Gasteiger partial charge in [-0.3, -0.25) is 4.90 Å². The fourth-order valence-corrected chi connectivity index (χ4v) is 3.90. The molecule has 1 fully saturated rings. The zero-order valence-corrected chi connectivity index (χ0v) is 16.1. The summed E-state index contributed by atoms with van der Waals surface area (Å²) in [5, 5.41) is 10.3. The summed E-state index contributed by atoms with van der Waals surface area (Å²) in [6, 6.07) is 9.54. The molecule has 1 aromatic heterocycles. The van der Waals surface area contributed by atoms with Gasteiger partial charge in [0.15, 0.2) is 0 Å². The molecule has 2 amide bonds. The van der Waals surface area contributed by atoms with E-state index in [-0.39, 0.29) is 6.03 Å². The molecule has 1 aliphatic heterocycles. The number of urea groups is 1. The van der Waals surface area contributed by atoms with Crippen LogP contribution >= 0.6 is 11.3 Å². The maximum atomic E-state index is 12.2. The maximum absolute atomic E-state index is 12.2. The number of nitrogens with zero attached hydrogens (tertiary/aromatic N) is 1. The summed E-state index contributed by atoms with van der Waals surface area (Å²) in [6.07, 6.45) is 2.25. The van der Waals surface area contributed by atoms with Crippen molar-refractivity contribution in [2.24, 2.45) is 5.92 Å². The van der Waals surface area contributed by atoms with Crippen LogP contribution in [0.2, 0.25) is 0 Å². The monoisotopic (exact) mass is 373 g/mol. The average molecular weight is 374 g/mol. The highest BCUT2D eigenvalue weighted by molar-refractivity contribution is 7.07. The summed E-state index contributed by atoms with van der Waals surface area (Å²) in [7, 11) is 0. The topological polar surface area (TPSA) is 53.6 Å². The van der Waals surface area contributed by atoms with Crippen LogP contribution in [0.4, 0.5) is 10.5 Å². The lowest BCUT2D eigenvalue weighted by Gasteiger charge is -2.31. The number of rotatable bonds is 7. The molecule has 0 aliphatic carbocycles. The molecule has 0 unspecified atom stereocenters.